The third-order valence-corrected chi connectivity index (χ3v) is 4.17. The van der Waals surface area contributed by atoms with E-state index in [2.05, 4.69) is 39.6 Å². The number of nitrogens with one attached hydrogen (secondary N) is 1. The minimum Gasteiger partial charge on any atom is -0.490 e. The number of nitrogens with zero attached hydrogens (tertiary/aromatic N) is 1. The molecule has 6 nitrogen and oxygen atoms in total. The number of hydrogen-bond donors (Lipinski definition) is 1. The van der Waals surface area contributed by atoms with Crippen LogP contribution >= 0.6 is 15.9 Å². The Labute approximate surface area is 179 Å². The average molecular weight is 459 g/mol. The van der Waals surface area contributed by atoms with Gasteiger partial charge in [0.1, 0.15) is 19.0 Å². The van der Waals surface area contributed by atoms with E-state index in [9.17, 15) is 4.79 Å². The lowest BCUT2D eigenvalue weighted by Crippen LogP contribution is -2.17. The largest absolute Gasteiger partial charge is 0.490 e. The van der Waals surface area contributed by atoms with E-state index < -0.39 is 0 Å². The SMILES string of the molecule is C=CCOc1ccc(/C=N/NC(=O)c2ccc(OCC=C)c(OCC)c2)cc1Br. The molecule has 0 aliphatic rings. The number of hydrazone groups is 1. The fourth-order valence-corrected chi connectivity index (χ4v) is 2.79. The molecule has 0 unspecified atom stereocenters. The number of carbonyl (C=O) groups is 1. The van der Waals surface area contributed by atoms with Gasteiger partial charge in [0, 0.05) is 5.56 Å². The minimum absolute atomic E-state index is 0.350. The summed E-state index contributed by atoms with van der Waals surface area (Å²) in [5.41, 5.74) is 3.71. The van der Waals surface area contributed by atoms with E-state index >= 15 is 0 Å². The molecule has 0 aliphatic carbocycles. The summed E-state index contributed by atoms with van der Waals surface area (Å²) in [6.45, 7) is 10.3. The smallest absolute Gasteiger partial charge is 0.271 e. The Morgan fingerprint density at radius 1 is 1.03 bits per heavy atom. The highest BCUT2D eigenvalue weighted by Crippen LogP contribution is 2.28. The van der Waals surface area contributed by atoms with Crippen LogP contribution in [0.3, 0.4) is 0 Å². The maximum absolute atomic E-state index is 12.4. The fraction of sp³-hybridized carbons (Fsp3) is 0.182. The zero-order valence-electron chi connectivity index (χ0n) is 16.2. The molecule has 2 aromatic rings. The van der Waals surface area contributed by atoms with Gasteiger partial charge in [-0.15, -0.1) is 0 Å². The highest BCUT2D eigenvalue weighted by molar-refractivity contribution is 9.10. The maximum Gasteiger partial charge on any atom is 0.271 e. The van der Waals surface area contributed by atoms with Crippen LogP contribution in [0.15, 0.2) is 71.3 Å². The summed E-state index contributed by atoms with van der Waals surface area (Å²) in [5.74, 6) is 1.39. The lowest BCUT2D eigenvalue weighted by Gasteiger charge is -2.12. The van der Waals surface area contributed by atoms with E-state index in [1.165, 1.54) is 0 Å². The molecule has 7 heteroatoms. The van der Waals surface area contributed by atoms with Gasteiger partial charge in [-0.1, -0.05) is 25.3 Å². The molecule has 0 saturated carbocycles. The van der Waals surface area contributed by atoms with Crippen LogP contribution in [0.2, 0.25) is 0 Å². The summed E-state index contributed by atoms with van der Waals surface area (Å²) in [7, 11) is 0. The zero-order valence-corrected chi connectivity index (χ0v) is 17.8. The van der Waals surface area contributed by atoms with Gasteiger partial charge in [-0.3, -0.25) is 4.79 Å². The van der Waals surface area contributed by atoms with Crippen molar-refractivity contribution in [2.24, 2.45) is 5.10 Å². The molecule has 2 rings (SSSR count). The number of rotatable bonds is 11. The fourth-order valence-electron chi connectivity index (χ4n) is 2.28. The summed E-state index contributed by atoms with van der Waals surface area (Å²) >= 11 is 3.44. The molecule has 0 spiro atoms. The topological polar surface area (TPSA) is 69.2 Å². The van der Waals surface area contributed by atoms with Gasteiger partial charge in [0.15, 0.2) is 11.5 Å². The summed E-state index contributed by atoms with van der Waals surface area (Å²) in [6, 6.07) is 10.4. The lowest BCUT2D eigenvalue weighted by atomic mass is 10.2. The number of halogens is 1. The van der Waals surface area contributed by atoms with Gasteiger partial charge in [-0.25, -0.2) is 5.43 Å². The van der Waals surface area contributed by atoms with Crippen molar-refractivity contribution < 1.29 is 19.0 Å². The molecule has 0 saturated heterocycles. The van der Waals surface area contributed by atoms with Crippen molar-refractivity contribution in [1.82, 2.24) is 5.43 Å². The first kappa shape index (κ1) is 22.2. The molecule has 0 fully saturated rings. The quantitative estimate of drug-likeness (QED) is 0.300. The lowest BCUT2D eigenvalue weighted by molar-refractivity contribution is 0.0954. The number of benzene rings is 2. The van der Waals surface area contributed by atoms with Crippen LogP contribution in [0.5, 0.6) is 17.2 Å². The van der Waals surface area contributed by atoms with Crippen molar-refractivity contribution in [2.75, 3.05) is 19.8 Å². The summed E-state index contributed by atoms with van der Waals surface area (Å²) in [4.78, 5) is 12.4. The van der Waals surface area contributed by atoms with Gasteiger partial charge in [-0.05, 0) is 64.8 Å². The molecule has 1 amide bonds. The molecule has 0 radical (unpaired) electrons. The molecular formula is C22H23BrN2O4. The molecule has 0 heterocycles. The standard InChI is InChI=1S/C22H23BrN2O4/c1-4-11-28-19-9-7-16(13-18(19)23)15-24-25-22(26)17-8-10-20(29-12-5-2)21(14-17)27-6-3/h4-5,7-10,13-15H,1-2,6,11-12H2,3H3,(H,25,26)/b24-15+. The molecule has 1 N–H and O–H groups in total. The number of ether oxygens (including phenoxy) is 3. The first-order valence-corrected chi connectivity index (χ1v) is 9.75. The summed E-state index contributed by atoms with van der Waals surface area (Å²) in [5, 5.41) is 4.01. The monoisotopic (exact) mass is 458 g/mol. The first-order chi connectivity index (χ1) is 14.1. The third kappa shape index (κ3) is 6.80. The Morgan fingerprint density at radius 3 is 2.38 bits per heavy atom. The molecule has 0 aromatic heterocycles. The molecule has 0 atom stereocenters. The van der Waals surface area contributed by atoms with Gasteiger partial charge in [-0.2, -0.15) is 5.10 Å². The normalized spacial score (nSPS) is 10.4. The van der Waals surface area contributed by atoms with E-state index in [0.717, 1.165) is 10.0 Å². The van der Waals surface area contributed by atoms with Crippen LogP contribution in [0.4, 0.5) is 0 Å². The van der Waals surface area contributed by atoms with Crippen LogP contribution < -0.4 is 19.6 Å². The Bertz CT molecular complexity index is 896. The Hall–Kier alpha value is -3.06. The van der Waals surface area contributed by atoms with E-state index in [0.29, 0.717) is 42.6 Å². The van der Waals surface area contributed by atoms with Crippen LogP contribution in [0, 0.1) is 0 Å². The summed E-state index contributed by atoms with van der Waals surface area (Å²) < 4.78 is 17.4. The van der Waals surface area contributed by atoms with Gasteiger partial charge < -0.3 is 14.2 Å². The first-order valence-electron chi connectivity index (χ1n) is 8.96. The van der Waals surface area contributed by atoms with Crippen molar-refractivity contribution >= 4 is 28.1 Å². The highest BCUT2D eigenvalue weighted by Gasteiger charge is 2.11. The summed E-state index contributed by atoms with van der Waals surface area (Å²) in [6.07, 6.45) is 4.86. The second-order valence-corrected chi connectivity index (χ2v) is 6.54. The number of carbonyl (C=O) groups excluding carboxylic acids is 1. The number of hydrogen-bond acceptors (Lipinski definition) is 5. The van der Waals surface area contributed by atoms with Crippen molar-refractivity contribution in [3.8, 4) is 17.2 Å². The predicted molar refractivity (Wildman–Crippen MR) is 118 cm³/mol. The van der Waals surface area contributed by atoms with E-state index in [1.54, 1.807) is 36.6 Å². The van der Waals surface area contributed by atoms with Gasteiger partial charge >= 0.3 is 0 Å². The maximum atomic E-state index is 12.4. The van der Waals surface area contributed by atoms with Crippen molar-refractivity contribution in [3.05, 3.63) is 77.3 Å². The highest BCUT2D eigenvalue weighted by atomic mass is 79.9. The van der Waals surface area contributed by atoms with Crippen molar-refractivity contribution in [1.29, 1.82) is 0 Å². The van der Waals surface area contributed by atoms with Crippen LogP contribution in [0.1, 0.15) is 22.8 Å². The third-order valence-electron chi connectivity index (χ3n) is 3.55. The average Bonchev–Trinajstić information content (AvgIpc) is 2.72. The molecule has 2 aromatic carbocycles. The Morgan fingerprint density at radius 2 is 1.72 bits per heavy atom. The molecular weight excluding hydrogens is 436 g/mol. The number of amides is 1. The van der Waals surface area contributed by atoms with E-state index in [-0.39, 0.29) is 5.91 Å². The Balaban J connectivity index is 2.04. The van der Waals surface area contributed by atoms with E-state index in [1.807, 2.05) is 25.1 Å². The minimum atomic E-state index is -0.359. The molecule has 0 aliphatic heterocycles. The van der Waals surface area contributed by atoms with Gasteiger partial charge in [0.05, 0.1) is 17.3 Å². The second kappa shape index (κ2) is 11.7. The molecule has 0 bridgehead atoms. The predicted octanol–water partition coefficient (Wildman–Crippen LogP) is 4.74. The van der Waals surface area contributed by atoms with Crippen LogP contribution in [0.25, 0.3) is 0 Å². The van der Waals surface area contributed by atoms with Crippen molar-refractivity contribution in [3.63, 3.8) is 0 Å². The second-order valence-electron chi connectivity index (χ2n) is 5.68. The molecule has 152 valence electrons. The van der Waals surface area contributed by atoms with E-state index in [4.69, 9.17) is 14.2 Å². The van der Waals surface area contributed by atoms with Gasteiger partial charge in [0.2, 0.25) is 0 Å². The Kier molecular flexibility index (Phi) is 8.98. The van der Waals surface area contributed by atoms with Gasteiger partial charge in [0.25, 0.3) is 5.91 Å². The van der Waals surface area contributed by atoms with Crippen LogP contribution in [-0.2, 0) is 0 Å². The molecule has 29 heavy (non-hydrogen) atoms. The zero-order chi connectivity index (χ0) is 21.1. The van der Waals surface area contributed by atoms with Crippen molar-refractivity contribution in [2.45, 2.75) is 6.92 Å². The van der Waals surface area contributed by atoms with Crippen LogP contribution in [-0.4, -0.2) is 31.9 Å².